The molecule has 0 atom stereocenters. The minimum atomic E-state index is -1.07. The molecule has 2 aromatic rings. The van der Waals surface area contributed by atoms with Crippen LogP contribution >= 0.6 is 0 Å². The number of nitro groups is 2. The van der Waals surface area contributed by atoms with Crippen molar-refractivity contribution in [2.24, 2.45) is 0 Å². The van der Waals surface area contributed by atoms with Gasteiger partial charge in [0.15, 0.2) is 5.78 Å². The van der Waals surface area contributed by atoms with Crippen molar-refractivity contribution in [1.29, 1.82) is 0 Å². The first-order chi connectivity index (χ1) is 11.6. The van der Waals surface area contributed by atoms with E-state index in [-0.39, 0.29) is 0 Å². The van der Waals surface area contributed by atoms with E-state index in [9.17, 15) is 25.0 Å². The number of carbonyl (C=O) groups is 1. The zero-order valence-corrected chi connectivity index (χ0v) is 9.67. The van der Waals surface area contributed by atoms with Gasteiger partial charge >= 0.3 is 11.4 Å². The highest BCUT2D eigenvalue weighted by Gasteiger charge is 2.25. The third-order valence-electron chi connectivity index (χ3n) is 2.36. The zero-order chi connectivity index (χ0) is 19.0. The Morgan fingerprint density at radius 3 is 2.10 bits per heavy atom. The number of hydrogen-bond acceptors (Lipinski definition) is 5. The van der Waals surface area contributed by atoms with Gasteiger partial charge in [0.05, 0.1) is 16.7 Å². The summed E-state index contributed by atoms with van der Waals surface area (Å²) in [6.07, 6.45) is 0. The third-order valence-corrected chi connectivity index (χ3v) is 2.36. The van der Waals surface area contributed by atoms with Gasteiger partial charge in [0, 0.05) is 23.3 Å². The second-order valence-electron chi connectivity index (χ2n) is 3.55. The first kappa shape index (κ1) is 8.16. The summed E-state index contributed by atoms with van der Waals surface area (Å²) in [5, 5.41) is 21.8. The van der Waals surface area contributed by atoms with Crippen LogP contribution in [0.15, 0.2) is 48.4 Å². The molecule has 2 rings (SSSR count). The van der Waals surface area contributed by atoms with E-state index in [1.54, 1.807) is 0 Å². The van der Waals surface area contributed by atoms with E-state index in [0.717, 1.165) is 12.1 Å². The van der Waals surface area contributed by atoms with E-state index in [0.29, 0.717) is 6.07 Å². The van der Waals surface area contributed by atoms with Crippen molar-refractivity contribution in [3.05, 3.63) is 79.8 Å². The van der Waals surface area contributed by atoms with Crippen LogP contribution < -0.4 is 0 Å². The lowest BCUT2D eigenvalue weighted by Gasteiger charge is -2.01. The van der Waals surface area contributed by atoms with Crippen LogP contribution in [0, 0.1) is 20.2 Å². The number of carbonyl (C=O) groups excluding carboxylic acids is 1. The fraction of sp³-hybridized carbons (Fsp3) is 0. The molecule has 100 valence electrons. The second-order valence-corrected chi connectivity index (χ2v) is 3.55. The topological polar surface area (TPSA) is 103 Å². The number of benzene rings is 2. The van der Waals surface area contributed by atoms with Crippen LogP contribution in [-0.2, 0) is 0 Å². The minimum Gasteiger partial charge on any atom is -0.289 e. The number of rotatable bonds is 4. The quantitative estimate of drug-likeness (QED) is 0.485. The Kier molecular flexibility index (Phi) is 2.15. The molecule has 0 bridgehead atoms. The first-order valence-electron chi connectivity index (χ1n) is 7.62. The highest BCUT2D eigenvalue weighted by Crippen LogP contribution is 2.28. The third kappa shape index (κ3) is 2.51. The van der Waals surface area contributed by atoms with E-state index < -0.39 is 68.3 Å². The van der Waals surface area contributed by atoms with Crippen LogP contribution in [0.5, 0.6) is 0 Å². The monoisotopic (exact) mass is 277 g/mol. The summed E-state index contributed by atoms with van der Waals surface area (Å²) in [7, 11) is 0. The Balaban J connectivity index is 2.70. The lowest BCUT2D eigenvalue weighted by atomic mass is 10.0. The maximum absolute atomic E-state index is 12.5. The van der Waals surface area contributed by atoms with Crippen molar-refractivity contribution in [2.45, 2.75) is 0 Å². The average molecular weight is 277 g/mol. The van der Waals surface area contributed by atoms with Gasteiger partial charge in [-0.05, 0) is 6.07 Å². The maximum atomic E-state index is 12.5. The molecule has 0 aliphatic heterocycles. The zero-order valence-electron chi connectivity index (χ0n) is 14.7. The molecule has 0 unspecified atom stereocenters. The summed E-state index contributed by atoms with van der Waals surface area (Å²) in [6, 6.07) is -1.38. The molecule has 20 heavy (non-hydrogen) atoms. The standard InChI is InChI=1S/C13H8N2O5/c16-13(9-4-2-1-3-5-9)10-6-7-11(14(17)18)12(8-10)15(19)20/h1-8H/i1D,2D,3D,4D,5D. The van der Waals surface area contributed by atoms with E-state index >= 15 is 0 Å². The molecule has 0 radical (unpaired) electrons. The molecule has 0 saturated carbocycles. The van der Waals surface area contributed by atoms with E-state index in [2.05, 4.69) is 0 Å². The van der Waals surface area contributed by atoms with Crippen molar-refractivity contribution in [1.82, 2.24) is 0 Å². The van der Waals surface area contributed by atoms with Crippen LogP contribution in [0.25, 0.3) is 0 Å². The molecule has 0 spiro atoms. The smallest absolute Gasteiger partial charge is 0.289 e. The molecule has 0 aromatic heterocycles. The Hall–Kier alpha value is -3.09. The molecular weight excluding hydrogens is 264 g/mol. The Morgan fingerprint density at radius 2 is 1.55 bits per heavy atom. The summed E-state index contributed by atoms with van der Waals surface area (Å²) < 4.78 is 38.0. The normalized spacial score (nSPS) is 13.5. The van der Waals surface area contributed by atoms with Crippen LogP contribution in [0.2, 0.25) is 0 Å². The highest BCUT2D eigenvalue weighted by atomic mass is 16.6. The molecule has 7 heteroatoms. The SMILES string of the molecule is [2H]c1c([2H])c([2H])c(C(=O)c2ccc([N+](=O)[O-])c([N+](=O)[O-])c2)c([2H])c1[2H]. The van der Waals surface area contributed by atoms with E-state index in [1.807, 2.05) is 0 Å². The van der Waals surface area contributed by atoms with Gasteiger partial charge in [-0.1, -0.05) is 30.2 Å². The van der Waals surface area contributed by atoms with Gasteiger partial charge < -0.3 is 0 Å². The molecule has 0 heterocycles. The lowest BCUT2D eigenvalue weighted by molar-refractivity contribution is -0.422. The molecule has 0 N–H and O–H groups in total. The van der Waals surface area contributed by atoms with Crippen molar-refractivity contribution in [2.75, 3.05) is 0 Å². The van der Waals surface area contributed by atoms with Gasteiger partial charge in [0.2, 0.25) is 0 Å². The van der Waals surface area contributed by atoms with Gasteiger partial charge in [-0.25, -0.2) is 0 Å². The van der Waals surface area contributed by atoms with Gasteiger partial charge in [0.1, 0.15) is 0 Å². The number of ketones is 1. The number of hydrogen-bond donors (Lipinski definition) is 0. The van der Waals surface area contributed by atoms with Gasteiger partial charge in [-0.3, -0.25) is 25.0 Å². The molecule has 0 amide bonds. The first-order valence-corrected chi connectivity index (χ1v) is 5.12. The number of nitrogens with zero attached hydrogens (tertiary/aromatic N) is 2. The average Bonchev–Trinajstić information content (AvgIpc) is 2.57. The second kappa shape index (κ2) is 5.27. The molecule has 2 aromatic carbocycles. The minimum absolute atomic E-state index is 0.407. The maximum Gasteiger partial charge on any atom is 0.346 e. The van der Waals surface area contributed by atoms with E-state index in [1.165, 1.54) is 0 Å². The Bertz CT molecular complexity index is 918. The number of nitro benzene ring substituents is 2. The molecule has 0 aliphatic carbocycles. The summed E-state index contributed by atoms with van der Waals surface area (Å²) in [5.41, 5.74) is -2.85. The van der Waals surface area contributed by atoms with Gasteiger partial charge in [-0.2, -0.15) is 0 Å². The van der Waals surface area contributed by atoms with Crippen LogP contribution in [0.3, 0.4) is 0 Å². The van der Waals surface area contributed by atoms with Crippen LogP contribution in [0.1, 0.15) is 22.8 Å². The van der Waals surface area contributed by atoms with E-state index in [4.69, 9.17) is 6.85 Å². The Labute approximate surface area is 119 Å². The fourth-order valence-corrected chi connectivity index (χ4v) is 1.47. The van der Waals surface area contributed by atoms with Gasteiger partial charge in [-0.15, -0.1) is 0 Å². The molecular formula is C13H8N2O5. The fourth-order valence-electron chi connectivity index (χ4n) is 1.47. The molecule has 0 saturated heterocycles. The van der Waals surface area contributed by atoms with Crippen molar-refractivity contribution < 1.29 is 21.5 Å². The summed E-state index contributed by atoms with van der Waals surface area (Å²) >= 11 is 0. The molecule has 0 aliphatic rings. The predicted molar refractivity (Wildman–Crippen MR) is 69.6 cm³/mol. The Morgan fingerprint density at radius 1 is 0.950 bits per heavy atom. The predicted octanol–water partition coefficient (Wildman–Crippen LogP) is 2.73. The van der Waals surface area contributed by atoms with Crippen molar-refractivity contribution >= 4 is 17.2 Å². The molecule has 7 nitrogen and oxygen atoms in total. The largest absolute Gasteiger partial charge is 0.346 e. The van der Waals surface area contributed by atoms with Gasteiger partial charge in [0.25, 0.3) is 0 Å². The van der Waals surface area contributed by atoms with Crippen molar-refractivity contribution in [3.63, 3.8) is 0 Å². The van der Waals surface area contributed by atoms with Crippen molar-refractivity contribution in [3.8, 4) is 0 Å². The summed E-state index contributed by atoms with van der Waals surface area (Å²) in [4.78, 5) is 32.2. The molecule has 0 fully saturated rings. The van der Waals surface area contributed by atoms with Crippen LogP contribution in [0.4, 0.5) is 11.4 Å². The lowest BCUT2D eigenvalue weighted by Crippen LogP contribution is -2.03. The summed E-state index contributed by atoms with van der Waals surface area (Å²) in [5.74, 6) is -1.07. The van der Waals surface area contributed by atoms with Crippen LogP contribution in [-0.4, -0.2) is 15.6 Å². The summed E-state index contributed by atoms with van der Waals surface area (Å²) in [6.45, 7) is 0. The highest BCUT2D eigenvalue weighted by molar-refractivity contribution is 6.09.